The maximum Gasteiger partial charge on any atom is 0.238 e. The van der Waals surface area contributed by atoms with Crippen molar-refractivity contribution in [3.8, 4) is 17.1 Å². The van der Waals surface area contributed by atoms with Gasteiger partial charge in [-0.2, -0.15) is 5.10 Å². The van der Waals surface area contributed by atoms with Crippen LogP contribution in [0.1, 0.15) is 38.7 Å². The number of fused-ring (bicyclic) bond motifs is 1. The molecule has 0 fully saturated rings. The van der Waals surface area contributed by atoms with Crippen molar-refractivity contribution < 1.29 is 17.5 Å². The number of sulfonamides is 1. The zero-order valence-electron chi connectivity index (χ0n) is 13.8. The molecule has 0 amide bonds. The molecular weight excluding hydrogens is 333 g/mol. The van der Waals surface area contributed by atoms with E-state index in [1.165, 1.54) is 12.1 Å². The highest BCUT2D eigenvalue weighted by molar-refractivity contribution is 7.89. The number of ether oxygens (including phenoxy) is 1. The Bertz CT molecular complexity index is 890. The van der Waals surface area contributed by atoms with E-state index in [9.17, 15) is 12.8 Å². The SMILES string of the molecule is CC(C)c1c(-c2ccc(S(N)(=O)=O)cc2F)nn2c1O[C@H](C)CC2. The Morgan fingerprint density at radius 3 is 2.71 bits per heavy atom. The Morgan fingerprint density at radius 1 is 1.42 bits per heavy atom. The fraction of sp³-hybridized carbons (Fsp3) is 0.438. The Hall–Kier alpha value is -1.93. The molecule has 0 spiro atoms. The van der Waals surface area contributed by atoms with Crippen molar-refractivity contribution in [3.05, 3.63) is 29.6 Å². The molecule has 2 heterocycles. The van der Waals surface area contributed by atoms with Crippen molar-refractivity contribution in [2.45, 2.75) is 50.7 Å². The number of rotatable bonds is 3. The second-order valence-corrected chi connectivity index (χ2v) is 7.91. The molecule has 0 saturated carbocycles. The first kappa shape index (κ1) is 16.9. The summed E-state index contributed by atoms with van der Waals surface area (Å²) < 4.78 is 44.9. The van der Waals surface area contributed by atoms with Gasteiger partial charge in [-0.25, -0.2) is 22.6 Å². The van der Waals surface area contributed by atoms with Gasteiger partial charge in [-0.15, -0.1) is 0 Å². The monoisotopic (exact) mass is 353 g/mol. The molecule has 1 aromatic carbocycles. The van der Waals surface area contributed by atoms with Crippen LogP contribution in [-0.2, 0) is 16.6 Å². The van der Waals surface area contributed by atoms with Gasteiger partial charge < -0.3 is 4.74 Å². The predicted molar refractivity (Wildman–Crippen MR) is 87.8 cm³/mol. The molecule has 2 aromatic rings. The largest absolute Gasteiger partial charge is 0.475 e. The van der Waals surface area contributed by atoms with Gasteiger partial charge in [0.05, 0.1) is 11.0 Å². The number of primary sulfonamides is 1. The quantitative estimate of drug-likeness (QED) is 0.919. The van der Waals surface area contributed by atoms with Crippen molar-refractivity contribution in [2.75, 3.05) is 0 Å². The lowest BCUT2D eigenvalue weighted by Gasteiger charge is -2.23. The Balaban J connectivity index is 2.17. The summed E-state index contributed by atoms with van der Waals surface area (Å²) in [5.74, 6) is 0.0620. The van der Waals surface area contributed by atoms with Crippen LogP contribution in [0, 0.1) is 5.82 Å². The second-order valence-electron chi connectivity index (χ2n) is 6.35. The molecule has 0 radical (unpaired) electrons. The Kier molecular flexibility index (Phi) is 4.13. The van der Waals surface area contributed by atoms with Crippen molar-refractivity contribution >= 4 is 10.0 Å². The third-order valence-electron chi connectivity index (χ3n) is 4.10. The highest BCUT2D eigenvalue weighted by Gasteiger charge is 2.28. The maximum atomic E-state index is 14.5. The summed E-state index contributed by atoms with van der Waals surface area (Å²) >= 11 is 0. The van der Waals surface area contributed by atoms with E-state index < -0.39 is 15.8 Å². The number of nitrogens with zero attached hydrogens (tertiary/aromatic N) is 2. The zero-order chi connectivity index (χ0) is 17.6. The molecule has 130 valence electrons. The van der Waals surface area contributed by atoms with Gasteiger partial charge in [0.1, 0.15) is 11.5 Å². The van der Waals surface area contributed by atoms with Crippen molar-refractivity contribution in [2.24, 2.45) is 5.14 Å². The number of halogens is 1. The molecule has 1 aliphatic rings. The normalized spacial score (nSPS) is 17.7. The van der Waals surface area contributed by atoms with Gasteiger partial charge in [0.15, 0.2) is 0 Å². The molecule has 3 rings (SSSR count). The van der Waals surface area contributed by atoms with Crippen molar-refractivity contribution in [3.63, 3.8) is 0 Å². The minimum Gasteiger partial charge on any atom is -0.475 e. The van der Waals surface area contributed by atoms with Crippen LogP contribution >= 0.6 is 0 Å². The number of hydrogen-bond donors (Lipinski definition) is 1. The molecule has 0 unspecified atom stereocenters. The lowest BCUT2D eigenvalue weighted by molar-refractivity contribution is 0.147. The molecule has 2 N–H and O–H groups in total. The van der Waals surface area contributed by atoms with Crippen LogP contribution in [0.25, 0.3) is 11.3 Å². The first-order chi connectivity index (χ1) is 11.2. The van der Waals surface area contributed by atoms with Crippen LogP contribution in [0.15, 0.2) is 23.1 Å². The van der Waals surface area contributed by atoms with E-state index in [0.29, 0.717) is 18.1 Å². The molecule has 0 saturated heterocycles. The maximum absolute atomic E-state index is 14.5. The summed E-state index contributed by atoms with van der Waals surface area (Å²) in [4.78, 5) is -0.260. The molecule has 8 heteroatoms. The lowest BCUT2D eigenvalue weighted by Crippen LogP contribution is -2.23. The van der Waals surface area contributed by atoms with Crippen LogP contribution in [0.3, 0.4) is 0 Å². The van der Waals surface area contributed by atoms with Gasteiger partial charge in [-0.05, 0) is 31.0 Å². The fourth-order valence-electron chi connectivity index (χ4n) is 2.87. The minimum absolute atomic E-state index is 0.0753. The Morgan fingerprint density at radius 2 is 2.12 bits per heavy atom. The van der Waals surface area contributed by atoms with Gasteiger partial charge >= 0.3 is 0 Å². The smallest absolute Gasteiger partial charge is 0.238 e. The predicted octanol–water partition coefficient (Wildman–Crippen LogP) is 2.63. The van der Waals surface area contributed by atoms with E-state index in [-0.39, 0.29) is 22.5 Å². The molecule has 1 atom stereocenters. The first-order valence-electron chi connectivity index (χ1n) is 7.78. The second kappa shape index (κ2) is 5.86. The third kappa shape index (κ3) is 2.91. The van der Waals surface area contributed by atoms with Gasteiger partial charge in [0.25, 0.3) is 0 Å². The molecule has 24 heavy (non-hydrogen) atoms. The zero-order valence-corrected chi connectivity index (χ0v) is 14.6. The number of hydrogen-bond acceptors (Lipinski definition) is 4. The van der Waals surface area contributed by atoms with Gasteiger partial charge in [-0.1, -0.05) is 13.8 Å². The highest BCUT2D eigenvalue weighted by Crippen LogP contribution is 2.39. The van der Waals surface area contributed by atoms with Crippen LogP contribution in [0.5, 0.6) is 5.88 Å². The average molecular weight is 353 g/mol. The standard InChI is InChI=1S/C16H20FN3O3S/c1-9(2)14-15(19-20-7-6-10(3)23-16(14)20)12-5-4-11(8-13(12)17)24(18,21)22/h4-5,8-10H,6-7H2,1-3H3,(H2,18,21,22)/t10-/m1/s1. The van der Waals surface area contributed by atoms with Gasteiger partial charge in [0, 0.05) is 24.1 Å². The number of aryl methyl sites for hydroxylation is 1. The average Bonchev–Trinajstić information content (AvgIpc) is 2.84. The van der Waals surface area contributed by atoms with Crippen molar-refractivity contribution in [1.82, 2.24) is 9.78 Å². The van der Waals surface area contributed by atoms with Crippen molar-refractivity contribution in [1.29, 1.82) is 0 Å². The summed E-state index contributed by atoms with van der Waals surface area (Å²) in [5.41, 5.74) is 1.54. The van der Waals surface area contributed by atoms with Crippen LogP contribution in [0.4, 0.5) is 4.39 Å². The fourth-order valence-corrected chi connectivity index (χ4v) is 3.40. The first-order valence-corrected chi connectivity index (χ1v) is 9.33. The van der Waals surface area contributed by atoms with Crippen LogP contribution in [-0.4, -0.2) is 24.3 Å². The Labute approximate surface area is 140 Å². The number of aromatic nitrogens is 2. The summed E-state index contributed by atoms with van der Waals surface area (Å²) in [7, 11) is -3.95. The van der Waals surface area contributed by atoms with E-state index >= 15 is 0 Å². The third-order valence-corrected chi connectivity index (χ3v) is 5.01. The molecule has 0 aliphatic carbocycles. The number of nitrogens with two attached hydrogens (primary N) is 1. The summed E-state index contributed by atoms with van der Waals surface area (Å²) in [6.07, 6.45) is 0.910. The van der Waals surface area contributed by atoms with E-state index in [2.05, 4.69) is 5.10 Å². The van der Waals surface area contributed by atoms with Gasteiger partial charge in [-0.3, -0.25) is 0 Å². The van der Waals surface area contributed by atoms with E-state index in [0.717, 1.165) is 18.1 Å². The van der Waals surface area contributed by atoms with E-state index in [1.807, 2.05) is 20.8 Å². The molecule has 1 aliphatic heterocycles. The van der Waals surface area contributed by atoms with Crippen LogP contribution in [0.2, 0.25) is 0 Å². The van der Waals surface area contributed by atoms with E-state index in [1.54, 1.807) is 4.68 Å². The molecule has 1 aromatic heterocycles. The lowest BCUT2D eigenvalue weighted by atomic mass is 9.98. The minimum atomic E-state index is -3.95. The molecule has 6 nitrogen and oxygen atoms in total. The summed E-state index contributed by atoms with van der Waals surface area (Å²) in [5, 5.41) is 9.55. The summed E-state index contributed by atoms with van der Waals surface area (Å²) in [6.45, 7) is 6.66. The van der Waals surface area contributed by atoms with Gasteiger partial charge in [0.2, 0.25) is 15.9 Å². The topological polar surface area (TPSA) is 87.2 Å². The molecular formula is C16H20FN3O3S. The molecule has 0 bridgehead atoms. The van der Waals surface area contributed by atoms with E-state index in [4.69, 9.17) is 9.88 Å². The number of benzene rings is 1. The van der Waals surface area contributed by atoms with Crippen LogP contribution < -0.4 is 9.88 Å². The highest BCUT2D eigenvalue weighted by atomic mass is 32.2. The summed E-state index contributed by atoms with van der Waals surface area (Å²) in [6, 6.07) is 3.62.